The van der Waals surface area contributed by atoms with Gasteiger partial charge in [-0.1, -0.05) is 30.8 Å². The zero-order valence-electron chi connectivity index (χ0n) is 25.8. The fourth-order valence-corrected chi connectivity index (χ4v) is 5.89. The average Bonchev–Trinajstić information content (AvgIpc) is 3.45. The molecule has 2 atom stereocenters. The molecule has 0 aromatic heterocycles. The third-order valence-corrected chi connectivity index (χ3v) is 8.39. The molecule has 2 aliphatic heterocycles. The van der Waals surface area contributed by atoms with Crippen molar-refractivity contribution in [3.05, 3.63) is 77.6 Å². The van der Waals surface area contributed by atoms with Crippen LogP contribution in [0.1, 0.15) is 22.6 Å². The van der Waals surface area contributed by atoms with Gasteiger partial charge in [0.2, 0.25) is 11.8 Å². The average molecular weight is 596 g/mol. The second-order valence-electron chi connectivity index (χ2n) is 11.5. The highest BCUT2D eigenvalue weighted by Crippen LogP contribution is 2.34. The summed E-state index contributed by atoms with van der Waals surface area (Å²) in [5.41, 5.74) is 4.24. The van der Waals surface area contributed by atoms with Gasteiger partial charge in [0.15, 0.2) is 0 Å². The summed E-state index contributed by atoms with van der Waals surface area (Å²) in [4.78, 5) is 32.6. The number of carbonyl (C=O) groups excluding carboxylic acids is 2. The number of piperazine rings is 1. The highest BCUT2D eigenvalue weighted by Gasteiger charge is 2.36. The molecule has 234 valence electrons. The Kier molecular flexibility index (Phi) is 12.1. The van der Waals surface area contributed by atoms with Crippen LogP contribution in [0, 0.1) is 12.7 Å². The highest BCUT2D eigenvalue weighted by atomic mass is 19.1. The van der Waals surface area contributed by atoms with Gasteiger partial charge in [-0.05, 0) is 56.4 Å². The maximum atomic E-state index is 14.6. The monoisotopic (exact) mass is 595 g/mol. The van der Waals surface area contributed by atoms with Crippen LogP contribution in [-0.4, -0.2) is 119 Å². The third kappa shape index (κ3) is 9.09. The molecule has 2 fully saturated rings. The summed E-state index contributed by atoms with van der Waals surface area (Å²) in [6.07, 6.45) is 1.22. The minimum absolute atomic E-state index is 0.0170. The van der Waals surface area contributed by atoms with Gasteiger partial charge in [0.05, 0.1) is 19.8 Å². The fraction of sp³-hybridized carbons (Fsp3) is 0.515. The zero-order valence-corrected chi connectivity index (χ0v) is 25.8. The van der Waals surface area contributed by atoms with Gasteiger partial charge in [-0.25, -0.2) is 4.39 Å². The Bertz CT molecular complexity index is 1210. The Labute approximate surface area is 255 Å². The molecule has 2 amide bonds. The molecule has 0 unspecified atom stereocenters. The first kappa shape index (κ1) is 32.6. The number of hydrogen-bond acceptors (Lipinski definition) is 7. The first-order valence-electron chi connectivity index (χ1n) is 15.1. The number of nitrogens with zero attached hydrogens (tertiary/aromatic N) is 4. The Morgan fingerprint density at radius 1 is 1.05 bits per heavy atom. The highest BCUT2D eigenvalue weighted by molar-refractivity contribution is 5.86. The predicted octanol–water partition coefficient (Wildman–Crippen LogP) is 2.65. The lowest BCUT2D eigenvalue weighted by Gasteiger charge is -2.36. The molecule has 2 aromatic rings. The Morgan fingerprint density at radius 3 is 2.51 bits per heavy atom. The molecule has 0 spiro atoms. The van der Waals surface area contributed by atoms with E-state index in [9.17, 15) is 14.0 Å². The van der Waals surface area contributed by atoms with Crippen LogP contribution in [0.5, 0.6) is 0 Å². The molecule has 0 saturated carbocycles. The van der Waals surface area contributed by atoms with Crippen molar-refractivity contribution in [1.82, 2.24) is 20.0 Å². The molecule has 10 heteroatoms. The van der Waals surface area contributed by atoms with Crippen molar-refractivity contribution in [3.8, 4) is 0 Å². The van der Waals surface area contributed by atoms with E-state index in [2.05, 4.69) is 65.0 Å². The van der Waals surface area contributed by atoms with Crippen LogP contribution in [0.15, 0.2) is 55.1 Å². The number of anilines is 1. The summed E-state index contributed by atoms with van der Waals surface area (Å²) in [6.45, 7) is 12.0. The third-order valence-electron chi connectivity index (χ3n) is 8.39. The van der Waals surface area contributed by atoms with Crippen LogP contribution in [0.4, 0.5) is 10.1 Å². The molecule has 43 heavy (non-hydrogen) atoms. The number of likely N-dealkylation sites (tertiary alicyclic amines) is 1. The second kappa shape index (κ2) is 16.0. The molecule has 0 aliphatic carbocycles. The molecule has 0 bridgehead atoms. The van der Waals surface area contributed by atoms with E-state index in [4.69, 9.17) is 9.47 Å². The smallest absolute Gasteiger partial charge is 0.248 e. The maximum absolute atomic E-state index is 14.6. The Balaban J connectivity index is 1.24. The molecule has 2 aromatic carbocycles. The summed E-state index contributed by atoms with van der Waals surface area (Å²) in [6, 6.07) is 14.4. The Hall–Kier alpha value is -3.31. The molecule has 2 heterocycles. The molecule has 0 radical (unpaired) electrons. The van der Waals surface area contributed by atoms with Crippen molar-refractivity contribution in [3.63, 3.8) is 0 Å². The lowest BCUT2D eigenvalue weighted by atomic mass is 9.93. The van der Waals surface area contributed by atoms with Gasteiger partial charge >= 0.3 is 0 Å². The number of likely N-dealkylation sites (N-methyl/N-ethyl adjacent to an activating group) is 1. The number of hydrogen-bond donors (Lipinski definition) is 1. The van der Waals surface area contributed by atoms with Gasteiger partial charge in [-0.2, -0.15) is 0 Å². The molecule has 1 N–H and O–H groups in total. The van der Waals surface area contributed by atoms with E-state index >= 15 is 0 Å². The van der Waals surface area contributed by atoms with E-state index < -0.39 is 0 Å². The summed E-state index contributed by atoms with van der Waals surface area (Å²) >= 11 is 0. The van der Waals surface area contributed by atoms with Gasteiger partial charge in [0, 0.05) is 75.6 Å². The normalized spacial score (nSPS) is 19.2. The number of benzene rings is 2. The minimum atomic E-state index is -0.232. The molecule has 4 rings (SSSR count). The van der Waals surface area contributed by atoms with E-state index in [1.54, 1.807) is 12.1 Å². The van der Waals surface area contributed by atoms with E-state index in [-0.39, 0.29) is 24.2 Å². The van der Waals surface area contributed by atoms with Gasteiger partial charge in [-0.3, -0.25) is 14.5 Å². The largest absolute Gasteiger partial charge is 0.377 e. The molecular formula is C33H46FN5O4. The zero-order chi connectivity index (χ0) is 30.8. The maximum Gasteiger partial charge on any atom is 0.248 e. The van der Waals surface area contributed by atoms with Crippen LogP contribution in [-0.2, 0) is 25.6 Å². The number of aryl methyl sites for hydroxylation is 1. The molecule has 2 aliphatic rings. The van der Waals surface area contributed by atoms with Gasteiger partial charge in [0.1, 0.15) is 12.4 Å². The van der Waals surface area contributed by atoms with Crippen molar-refractivity contribution in [2.24, 2.45) is 0 Å². The van der Waals surface area contributed by atoms with Crippen LogP contribution < -0.4 is 10.2 Å². The number of ether oxygens (including phenoxy) is 2. The predicted molar refractivity (Wildman–Crippen MR) is 167 cm³/mol. The van der Waals surface area contributed by atoms with Gasteiger partial charge in [0.25, 0.3) is 0 Å². The summed E-state index contributed by atoms with van der Waals surface area (Å²) < 4.78 is 25.5. The quantitative estimate of drug-likeness (QED) is 0.266. The van der Waals surface area contributed by atoms with E-state index in [0.717, 1.165) is 37.3 Å². The Morgan fingerprint density at radius 2 is 1.79 bits per heavy atom. The van der Waals surface area contributed by atoms with E-state index in [1.165, 1.54) is 17.3 Å². The molecular weight excluding hydrogens is 549 g/mol. The minimum Gasteiger partial charge on any atom is -0.377 e. The fourth-order valence-electron chi connectivity index (χ4n) is 5.89. The van der Waals surface area contributed by atoms with Crippen molar-refractivity contribution in [1.29, 1.82) is 0 Å². The molecule has 2 saturated heterocycles. The molecule has 9 nitrogen and oxygen atoms in total. The van der Waals surface area contributed by atoms with E-state index in [1.807, 2.05) is 17.9 Å². The summed E-state index contributed by atoms with van der Waals surface area (Å²) in [5.74, 6) is -0.0636. The van der Waals surface area contributed by atoms with Gasteiger partial charge in [-0.15, -0.1) is 0 Å². The summed E-state index contributed by atoms with van der Waals surface area (Å²) in [7, 11) is 4.25. The van der Waals surface area contributed by atoms with Crippen LogP contribution in [0.2, 0.25) is 0 Å². The van der Waals surface area contributed by atoms with Crippen molar-refractivity contribution in [2.45, 2.75) is 25.4 Å². The SMILES string of the molecule is C=CC(=O)NCCOCCOCC(=O)N1CCN(c2cccc([C@H]3CN(Cc4c(C)cccc4F)C[C@@H]3N(C)C)c2)CC1. The van der Waals surface area contributed by atoms with Crippen LogP contribution >= 0.6 is 0 Å². The van der Waals surface area contributed by atoms with Crippen molar-refractivity contribution in [2.75, 3.05) is 91.2 Å². The van der Waals surface area contributed by atoms with Crippen molar-refractivity contribution < 1.29 is 23.5 Å². The van der Waals surface area contributed by atoms with Gasteiger partial charge < -0.3 is 29.5 Å². The summed E-state index contributed by atoms with van der Waals surface area (Å²) in [5, 5.41) is 2.63. The van der Waals surface area contributed by atoms with E-state index in [0.29, 0.717) is 58.0 Å². The standard InChI is InChI=1S/C33H46FN5O4/c1-5-32(40)35-12-17-42-18-19-43-24-33(41)39-15-13-38(14-16-39)27-10-7-9-26(20-27)29-22-37(23-31(29)36(3)4)21-28-25(2)8-6-11-30(28)34/h5-11,20,29,31H,1,12-19,21-24H2,2-4H3,(H,35,40)/t29-,31+/m1/s1. The number of carbonyl (C=O) groups is 2. The first-order chi connectivity index (χ1) is 20.8. The second-order valence-corrected chi connectivity index (χ2v) is 11.5. The number of nitrogens with one attached hydrogen (secondary N) is 1. The van der Waals surface area contributed by atoms with Crippen LogP contribution in [0.3, 0.4) is 0 Å². The number of amides is 2. The lowest BCUT2D eigenvalue weighted by Crippen LogP contribution is -2.49. The topological polar surface area (TPSA) is 77.6 Å². The van der Waals surface area contributed by atoms with Crippen LogP contribution in [0.25, 0.3) is 0 Å². The number of rotatable bonds is 14. The lowest BCUT2D eigenvalue weighted by molar-refractivity contribution is -0.137. The number of halogens is 1. The first-order valence-corrected chi connectivity index (χ1v) is 15.1. The van der Waals surface area contributed by atoms with Crippen molar-refractivity contribution >= 4 is 17.5 Å².